The number of furan rings is 1. The van der Waals surface area contributed by atoms with Gasteiger partial charge >= 0.3 is 0 Å². The Labute approximate surface area is 162 Å². The highest BCUT2D eigenvalue weighted by atomic mass is 32.1. The number of halogens is 1. The molecule has 142 valence electrons. The number of hydrogen-bond acceptors (Lipinski definition) is 7. The highest BCUT2D eigenvalue weighted by molar-refractivity contribution is 7.11. The van der Waals surface area contributed by atoms with Gasteiger partial charge < -0.3 is 14.6 Å². The van der Waals surface area contributed by atoms with Gasteiger partial charge in [-0.25, -0.2) is 4.39 Å². The molecule has 7 nitrogen and oxygen atoms in total. The lowest BCUT2D eigenvalue weighted by atomic mass is 9.99. The Morgan fingerprint density at radius 2 is 1.93 bits per heavy atom. The Hall–Kier alpha value is -3.46. The van der Waals surface area contributed by atoms with E-state index in [0.29, 0.717) is 17.1 Å². The molecule has 0 amide bonds. The Bertz CT molecular complexity index is 1180. The molecule has 3 heterocycles. The van der Waals surface area contributed by atoms with Crippen LogP contribution in [0.2, 0.25) is 0 Å². The standard InChI is InChI=1S/C19H14FN3O4S/c1-9-7-13(10(2)27-9)16(24)14-15(11-3-5-12(20)6-4-11)23(18(26)17(14)25)19-22-21-8-28-19/h3-8,25-26H,1-2H3. The van der Waals surface area contributed by atoms with Crippen LogP contribution in [0, 0.1) is 19.7 Å². The summed E-state index contributed by atoms with van der Waals surface area (Å²) in [6, 6.07) is 6.91. The van der Waals surface area contributed by atoms with E-state index in [-0.39, 0.29) is 22.0 Å². The fourth-order valence-electron chi connectivity index (χ4n) is 3.09. The van der Waals surface area contributed by atoms with E-state index in [2.05, 4.69) is 10.2 Å². The molecule has 4 rings (SSSR count). The second kappa shape index (κ2) is 6.61. The van der Waals surface area contributed by atoms with E-state index >= 15 is 0 Å². The number of aromatic hydroxyl groups is 2. The molecule has 0 fully saturated rings. The van der Waals surface area contributed by atoms with Crippen molar-refractivity contribution in [1.82, 2.24) is 14.8 Å². The van der Waals surface area contributed by atoms with Crippen LogP contribution in [0.5, 0.6) is 11.6 Å². The highest BCUT2D eigenvalue weighted by Gasteiger charge is 2.32. The first-order valence-corrected chi connectivity index (χ1v) is 9.07. The minimum Gasteiger partial charge on any atom is -0.503 e. The molecule has 0 aliphatic rings. The minimum absolute atomic E-state index is 0.136. The van der Waals surface area contributed by atoms with Crippen molar-refractivity contribution in [3.8, 4) is 28.0 Å². The smallest absolute Gasteiger partial charge is 0.242 e. The topological polar surface area (TPSA) is 101 Å². The monoisotopic (exact) mass is 399 g/mol. The molecular formula is C19H14FN3O4S. The summed E-state index contributed by atoms with van der Waals surface area (Å²) >= 11 is 1.10. The van der Waals surface area contributed by atoms with Crippen LogP contribution in [0.25, 0.3) is 16.4 Å². The number of carbonyl (C=O) groups excluding carboxylic acids is 1. The summed E-state index contributed by atoms with van der Waals surface area (Å²) < 4.78 is 20.1. The number of aromatic nitrogens is 3. The molecule has 0 saturated carbocycles. The second-order valence-corrected chi connectivity index (χ2v) is 6.93. The summed E-state index contributed by atoms with van der Waals surface area (Å²) in [7, 11) is 0. The van der Waals surface area contributed by atoms with Gasteiger partial charge in [0.05, 0.1) is 16.8 Å². The molecule has 0 aliphatic carbocycles. The number of nitrogens with zero attached hydrogens (tertiary/aromatic N) is 3. The van der Waals surface area contributed by atoms with Gasteiger partial charge in [0.1, 0.15) is 22.8 Å². The fourth-order valence-corrected chi connectivity index (χ4v) is 3.65. The van der Waals surface area contributed by atoms with Gasteiger partial charge in [0.15, 0.2) is 5.75 Å². The lowest BCUT2D eigenvalue weighted by molar-refractivity contribution is 0.103. The lowest BCUT2D eigenvalue weighted by Gasteiger charge is -2.09. The first-order valence-electron chi connectivity index (χ1n) is 8.19. The number of ketones is 1. The lowest BCUT2D eigenvalue weighted by Crippen LogP contribution is -2.05. The molecule has 9 heteroatoms. The summed E-state index contributed by atoms with van der Waals surface area (Å²) in [6.07, 6.45) is 0. The van der Waals surface area contributed by atoms with Crippen molar-refractivity contribution in [3.05, 3.63) is 64.3 Å². The largest absolute Gasteiger partial charge is 0.503 e. The Morgan fingerprint density at radius 3 is 2.50 bits per heavy atom. The minimum atomic E-state index is -0.599. The van der Waals surface area contributed by atoms with Gasteiger partial charge in [-0.3, -0.25) is 9.36 Å². The van der Waals surface area contributed by atoms with Gasteiger partial charge in [0.25, 0.3) is 0 Å². The number of benzene rings is 1. The van der Waals surface area contributed by atoms with Crippen LogP contribution in [0.3, 0.4) is 0 Å². The average Bonchev–Trinajstić information content (AvgIpc) is 3.35. The van der Waals surface area contributed by atoms with E-state index in [9.17, 15) is 19.4 Å². The van der Waals surface area contributed by atoms with Crippen LogP contribution in [0.15, 0.2) is 40.3 Å². The first kappa shape index (κ1) is 17.9. The first-order chi connectivity index (χ1) is 13.4. The molecule has 4 aromatic rings. The molecule has 1 aromatic carbocycles. The van der Waals surface area contributed by atoms with E-state index in [1.54, 1.807) is 19.9 Å². The van der Waals surface area contributed by atoms with Crippen molar-refractivity contribution < 1.29 is 23.8 Å². The molecule has 28 heavy (non-hydrogen) atoms. The van der Waals surface area contributed by atoms with Crippen LogP contribution < -0.4 is 0 Å². The second-order valence-electron chi connectivity index (χ2n) is 6.12. The van der Waals surface area contributed by atoms with Crippen LogP contribution in [-0.4, -0.2) is 30.8 Å². The molecule has 0 aliphatic heterocycles. The Balaban J connectivity index is 2.03. The maximum absolute atomic E-state index is 13.4. The van der Waals surface area contributed by atoms with Gasteiger partial charge in [-0.2, -0.15) is 0 Å². The van der Waals surface area contributed by atoms with Crippen molar-refractivity contribution in [2.75, 3.05) is 0 Å². The quantitative estimate of drug-likeness (QED) is 0.503. The number of rotatable bonds is 4. The fraction of sp³-hybridized carbons (Fsp3) is 0.105. The van der Waals surface area contributed by atoms with Gasteiger partial charge in [-0.1, -0.05) is 11.3 Å². The Morgan fingerprint density at radius 1 is 1.21 bits per heavy atom. The number of hydrogen-bond donors (Lipinski definition) is 2. The van der Waals surface area contributed by atoms with Crippen molar-refractivity contribution >= 4 is 17.1 Å². The van der Waals surface area contributed by atoms with Gasteiger partial charge in [-0.15, -0.1) is 10.2 Å². The van der Waals surface area contributed by atoms with Crippen molar-refractivity contribution in [1.29, 1.82) is 0 Å². The van der Waals surface area contributed by atoms with Gasteiger partial charge in [-0.05, 0) is 49.7 Å². The molecule has 0 saturated heterocycles. The SMILES string of the molecule is Cc1cc(C(=O)c2c(O)c(O)n(-c3nncs3)c2-c2ccc(F)cc2)c(C)o1. The normalized spacial score (nSPS) is 11.1. The van der Waals surface area contributed by atoms with Crippen LogP contribution in [0.4, 0.5) is 4.39 Å². The molecule has 3 aromatic heterocycles. The third kappa shape index (κ3) is 2.76. The molecule has 0 radical (unpaired) electrons. The third-order valence-corrected chi connectivity index (χ3v) is 4.97. The zero-order valence-electron chi connectivity index (χ0n) is 14.8. The van der Waals surface area contributed by atoms with Crippen molar-refractivity contribution in [3.63, 3.8) is 0 Å². The van der Waals surface area contributed by atoms with E-state index in [4.69, 9.17) is 4.42 Å². The molecule has 0 unspecified atom stereocenters. The predicted octanol–water partition coefficient (Wildman–Crippen LogP) is 3.99. The zero-order chi connectivity index (χ0) is 20.0. The summed E-state index contributed by atoms with van der Waals surface area (Å²) in [5.41, 5.74) is 2.16. The third-order valence-electron chi connectivity index (χ3n) is 4.29. The molecule has 0 bridgehead atoms. The molecular weight excluding hydrogens is 385 g/mol. The van der Waals surface area contributed by atoms with Crippen LogP contribution in [-0.2, 0) is 0 Å². The molecule has 2 N–H and O–H groups in total. The summed E-state index contributed by atoms with van der Waals surface area (Å²) in [5, 5.41) is 29.1. The molecule has 0 atom stereocenters. The number of carbonyl (C=O) groups is 1. The highest BCUT2D eigenvalue weighted by Crippen LogP contribution is 2.44. The van der Waals surface area contributed by atoms with E-state index in [0.717, 1.165) is 11.3 Å². The van der Waals surface area contributed by atoms with E-state index < -0.39 is 23.2 Å². The van der Waals surface area contributed by atoms with E-state index in [1.807, 2.05) is 0 Å². The maximum Gasteiger partial charge on any atom is 0.242 e. The van der Waals surface area contributed by atoms with Crippen molar-refractivity contribution in [2.45, 2.75) is 13.8 Å². The Kier molecular flexibility index (Phi) is 4.23. The van der Waals surface area contributed by atoms with Crippen LogP contribution >= 0.6 is 11.3 Å². The predicted molar refractivity (Wildman–Crippen MR) is 99.6 cm³/mol. The summed E-state index contributed by atoms with van der Waals surface area (Å²) in [5.74, 6) is -1.23. The van der Waals surface area contributed by atoms with Gasteiger partial charge in [0.2, 0.25) is 16.8 Å². The van der Waals surface area contributed by atoms with Gasteiger partial charge in [0, 0.05) is 0 Å². The average molecular weight is 399 g/mol. The number of aryl methyl sites for hydroxylation is 2. The van der Waals surface area contributed by atoms with Crippen LogP contribution in [0.1, 0.15) is 27.4 Å². The summed E-state index contributed by atoms with van der Waals surface area (Å²) in [6.45, 7) is 3.34. The molecule has 0 spiro atoms. The zero-order valence-corrected chi connectivity index (χ0v) is 15.6. The van der Waals surface area contributed by atoms with E-state index in [1.165, 1.54) is 34.3 Å². The summed E-state index contributed by atoms with van der Waals surface area (Å²) in [4.78, 5) is 13.2. The maximum atomic E-state index is 13.4. The van der Waals surface area contributed by atoms with Crippen molar-refractivity contribution in [2.24, 2.45) is 0 Å².